The topological polar surface area (TPSA) is 58.6 Å². The van der Waals surface area contributed by atoms with Gasteiger partial charge in [0.2, 0.25) is 0 Å². The molecule has 3 atom stereocenters. The lowest BCUT2D eigenvalue weighted by Crippen LogP contribution is -2.50. The molecule has 0 aromatic rings. The highest BCUT2D eigenvalue weighted by molar-refractivity contribution is 5.65. The van der Waals surface area contributed by atoms with E-state index in [1.165, 1.54) is 0 Å². The molecule has 4 nitrogen and oxygen atoms in total. The highest BCUT2D eigenvalue weighted by Gasteiger charge is 2.40. The van der Waals surface area contributed by atoms with Gasteiger partial charge < -0.3 is 15.2 Å². The van der Waals surface area contributed by atoms with Crippen LogP contribution in [-0.4, -0.2) is 30.5 Å². The first-order valence-electron chi connectivity index (χ1n) is 5.88. The average molecular weight is 229 g/mol. The van der Waals surface area contributed by atoms with Crippen LogP contribution in [-0.2, 0) is 4.74 Å². The summed E-state index contributed by atoms with van der Waals surface area (Å²) in [6.07, 6.45) is 2.45. The third-order valence-corrected chi connectivity index (χ3v) is 3.45. The summed E-state index contributed by atoms with van der Waals surface area (Å²) in [6.45, 7) is 6.20. The highest BCUT2D eigenvalue weighted by Crippen LogP contribution is 2.37. The molecule has 1 aliphatic carbocycles. The van der Waals surface area contributed by atoms with E-state index in [4.69, 9.17) is 9.84 Å². The summed E-state index contributed by atoms with van der Waals surface area (Å²) in [6, 6.07) is -0.0440. The van der Waals surface area contributed by atoms with Gasteiger partial charge in [0.05, 0.1) is 6.10 Å². The second-order valence-electron chi connectivity index (χ2n) is 5.66. The van der Waals surface area contributed by atoms with Gasteiger partial charge in [-0.2, -0.15) is 0 Å². The van der Waals surface area contributed by atoms with E-state index in [1.54, 1.807) is 7.11 Å². The first kappa shape index (κ1) is 13.3. The highest BCUT2D eigenvalue weighted by atomic mass is 16.5. The second kappa shape index (κ2) is 5.04. The summed E-state index contributed by atoms with van der Waals surface area (Å²) in [4.78, 5) is 10.9. The Labute approximate surface area is 97.4 Å². The zero-order chi connectivity index (χ0) is 12.3. The van der Waals surface area contributed by atoms with Gasteiger partial charge in [0.1, 0.15) is 0 Å². The van der Waals surface area contributed by atoms with Crippen LogP contribution in [0.15, 0.2) is 0 Å². The van der Waals surface area contributed by atoms with Crippen molar-refractivity contribution < 1.29 is 14.6 Å². The lowest BCUT2D eigenvalue weighted by molar-refractivity contribution is 0.0341. The molecule has 0 heterocycles. The van der Waals surface area contributed by atoms with Crippen molar-refractivity contribution in [2.45, 2.75) is 52.2 Å². The predicted molar refractivity (Wildman–Crippen MR) is 62.5 cm³/mol. The van der Waals surface area contributed by atoms with Crippen LogP contribution < -0.4 is 5.32 Å². The molecule has 0 saturated heterocycles. The Bertz CT molecular complexity index is 247. The van der Waals surface area contributed by atoms with Gasteiger partial charge in [0, 0.05) is 19.1 Å². The molecule has 1 rings (SSSR count). The first-order chi connectivity index (χ1) is 7.36. The lowest BCUT2D eigenvalue weighted by atomic mass is 9.77. The van der Waals surface area contributed by atoms with Crippen molar-refractivity contribution in [3.05, 3.63) is 0 Å². The molecular formula is C12H23NO3. The summed E-state index contributed by atoms with van der Waals surface area (Å²) in [5.74, 6) is 0.293. The van der Waals surface area contributed by atoms with Gasteiger partial charge in [-0.3, -0.25) is 0 Å². The van der Waals surface area contributed by atoms with Crippen molar-refractivity contribution in [3.63, 3.8) is 0 Å². The van der Waals surface area contributed by atoms with Crippen molar-refractivity contribution in [2.24, 2.45) is 11.3 Å². The standard InChI is InChI=1S/C12H23NO3/c1-12(2,3)10(13-11(14)15)8-6-5-7-9(8)16-4/h8-10,13H,5-7H2,1-4H3,(H,14,15)/t8-,9+,10?/m1/s1. The Morgan fingerprint density at radius 3 is 2.50 bits per heavy atom. The number of nitrogens with one attached hydrogen (secondary N) is 1. The monoisotopic (exact) mass is 229 g/mol. The van der Waals surface area contributed by atoms with Crippen molar-refractivity contribution in [3.8, 4) is 0 Å². The number of methoxy groups -OCH3 is 1. The molecule has 0 aromatic heterocycles. The minimum atomic E-state index is -0.943. The van der Waals surface area contributed by atoms with Crippen molar-refractivity contribution in [1.82, 2.24) is 5.32 Å². The Morgan fingerprint density at radius 2 is 2.06 bits per heavy atom. The largest absolute Gasteiger partial charge is 0.465 e. The van der Waals surface area contributed by atoms with Gasteiger partial charge in [-0.1, -0.05) is 27.2 Å². The molecule has 1 saturated carbocycles. The van der Waals surface area contributed by atoms with E-state index in [0.29, 0.717) is 5.92 Å². The molecule has 1 aliphatic rings. The Balaban J connectivity index is 2.79. The molecule has 1 fully saturated rings. The maximum Gasteiger partial charge on any atom is 0.404 e. The average Bonchev–Trinajstić information content (AvgIpc) is 2.59. The number of hydrogen-bond donors (Lipinski definition) is 2. The normalized spacial score (nSPS) is 27.8. The molecule has 16 heavy (non-hydrogen) atoms. The molecule has 1 amide bonds. The van der Waals surface area contributed by atoms with Crippen LogP contribution in [0.3, 0.4) is 0 Å². The molecule has 0 bridgehead atoms. The van der Waals surface area contributed by atoms with Gasteiger partial charge in [0.15, 0.2) is 0 Å². The summed E-state index contributed by atoms with van der Waals surface area (Å²) in [7, 11) is 1.71. The fourth-order valence-electron chi connectivity index (χ4n) is 2.73. The molecule has 94 valence electrons. The van der Waals surface area contributed by atoms with Crippen LogP contribution >= 0.6 is 0 Å². The molecule has 4 heteroatoms. The minimum Gasteiger partial charge on any atom is -0.465 e. The third-order valence-electron chi connectivity index (χ3n) is 3.45. The Hall–Kier alpha value is -0.770. The fourth-order valence-corrected chi connectivity index (χ4v) is 2.73. The van der Waals surface area contributed by atoms with E-state index in [-0.39, 0.29) is 17.6 Å². The van der Waals surface area contributed by atoms with Crippen LogP contribution in [0.4, 0.5) is 4.79 Å². The number of amides is 1. The quantitative estimate of drug-likeness (QED) is 0.781. The van der Waals surface area contributed by atoms with E-state index in [9.17, 15) is 4.79 Å². The number of rotatable bonds is 3. The van der Waals surface area contributed by atoms with E-state index < -0.39 is 6.09 Å². The van der Waals surface area contributed by atoms with Crippen LogP contribution in [0.2, 0.25) is 0 Å². The van der Waals surface area contributed by atoms with Gasteiger partial charge in [-0.25, -0.2) is 4.79 Å². The lowest BCUT2D eigenvalue weighted by Gasteiger charge is -2.37. The maximum atomic E-state index is 10.9. The molecular weight excluding hydrogens is 206 g/mol. The van der Waals surface area contributed by atoms with Gasteiger partial charge in [-0.05, 0) is 18.3 Å². The van der Waals surface area contributed by atoms with Crippen molar-refractivity contribution in [2.75, 3.05) is 7.11 Å². The molecule has 0 aliphatic heterocycles. The Morgan fingerprint density at radius 1 is 1.44 bits per heavy atom. The predicted octanol–water partition coefficient (Wildman–Crippen LogP) is 2.48. The number of carboxylic acid groups (broad SMARTS) is 1. The van der Waals surface area contributed by atoms with Crippen LogP contribution in [0.5, 0.6) is 0 Å². The van der Waals surface area contributed by atoms with E-state index in [2.05, 4.69) is 26.1 Å². The fraction of sp³-hybridized carbons (Fsp3) is 0.917. The summed E-state index contributed by atoms with van der Waals surface area (Å²) in [5, 5.41) is 11.6. The third kappa shape index (κ3) is 3.11. The van der Waals surface area contributed by atoms with E-state index >= 15 is 0 Å². The smallest absolute Gasteiger partial charge is 0.404 e. The SMILES string of the molecule is CO[C@H]1CCC[C@H]1C(NC(=O)O)C(C)(C)C. The molecule has 0 aromatic carbocycles. The number of hydrogen-bond acceptors (Lipinski definition) is 2. The molecule has 0 spiro atoms. The second-order valence-corrected chi connectivity index (χ2v) is 5.66. The summed E-state index contributed by atoms with van der Waals surface area (Å²) < 4.78 is 5.45. The van der Waals surface area contributed by atoms with Gasteiger partial charge in [-0.15, -0.1) is 0 Å². The van der Waals surface area contributed by atoms with Crippen LogP contribution in [0.25, 0.3) is 0 Å². The van der Waals surface area contributed by atoms with Crippen LogP contribution in [0, 0.1) is 11.3 Å². The Kier molecular flexibility index (Phi) is 4.19. The number of carbonyl (C=O) groups is 1. The van der Waals surface area contributed by atoms with Gasteiger partial charge in [0.25, 0.3) is 0 Å². The number of ether oxygens (including phenoxy) is 1. The van der Waals surface area contributed by atoms with E-state index in [1.807, 2.05) is 0 Å². The zero-order valence-electron chi connectivity index (χ0n) is 10.6. The van der Waals surface area contributed by atoms with Crippen molar-refractivity contribution in [1.29, 1.82) is 0 Å². The molecule has 2 N–H and O–H groups in total. The minimum absolute atomic E-state index is 0.0440. The first-order valence-corrected chi connectivity index (χ1v) is 5.88. The zero-order valence-corrected chi connectivity index (χ0v) is 10.6. The van der Waals surface area contributed by atoms with Crippen molar-refractivity contribution >= 4 is 6.09 Å². The molecule has 1 unspecified atom stereocenters. The van der Waals surface area contributed by atoms with Gasteiger partial charge >= 0.3 is 6.09 Å². The molecule has 0 radical (unpaired) electrons. The summed E-state index contributed by atoms with van der Waals surface area (Å²) >= 11 is 0. The van der Waals surface area contributed by atoms with Crippen LogP contribution in [0.1, 0.15) is 40.0 Å². The van der Waals surface area contributed by atoms with E-state index in [0.717, 1.165) is 19.3 Å². The summed E-state index contributed by atoms with van der Waals surface area (Å²) in [5.41, 5.74) is -0.0792. The maximum absolute atomic E-state index is 10.9.